The Morgan fingerprint density at radius 3 is 3.17 bits per heavy atom. The number of hydrogen-bond acceptors (Lipinski definition) is 3. The number of hydrogen-bond donors (Lipinski definition) is 2. The van der Waals surface area contributed by atoms with Crippen LogP contribution in [0.1, 0.15) is 18.9 Å². The van der Waals surface area contributed by atoms with E-state index in [0.29, 0.717) is 6.61 Å². The highest BCUT2D eigenvalue weighted by molar-refractivity contribution is 5.77. The number of anilines is 1. The summed E-state index contributed by atoms with van der Waals surface area (Å²) in [5, 5.41) is 6.32. The van der Waals surface area contributed by atoms with Gasteiger partial charge in [-0.25, -0.2) is 0 Å². The van der Waals surface area contributed by atoms with Gasteiger partial charge in [0.05, 0.1) is 6.04 Å². The molecule has 0 aromatic heterocycles. The van der Waals surface area contributed by atoms with Gasteiger partial charge in [-0.1, -0.05) is 25.1 Å². The number of amides is 1. The molecule has 1 aromatic carbocycles. The summed E-state index contributed by atoms with van der Waals surface area (Å²) >= 11 is 0. The molecular formula is C14H20N2O2. The molecule has 1 atom stereocenters. The molecule has 1 heterocycles. The van der Waals surface area contributed by atoms with Crippen molar-refractivity contribution in [3.8, 4) is 0 Å². The molecule has 4 nitrogen and oxygen atoms in total. The van der Waals surface area contributed by atoms with Crippen LogP contribution < -0.4 is 10.6 Å². The van der Waals surface area contributed by atoms with Crippen LogP contribution in [0.4, 0.5) is 5.69 Å². The zero-order chi connectivity index (χ0) is 12.8. The number of rotatable bonds is 5. The summed E-state index contributed by atoms with van der Waals surface area (Å²) in [5.74, 6) is -0.0327. The van der Waals surface area contributed by atoms with Gasteiger partial charge in [-0.15, -0.1) is 0 Å². The molecule has 0 bridgehead atoms. The maximum absolute atomic E-state index is 11.6. The van der Waals surface area contributed by atoms with Gasteiger partial charge in [-0.2, -0.15) is 0 Å². The summed E-state index contributed by atoms with van der Waals surface area (Å²) < 4.78 is 5.22. The molecule has 1 aliphatic heterocycles. The average Bonchev–Trinajstić information content (AvgIpc) is 2.39. The molecule has 1 aliphatic rings. The lowest BCUT2D eigenvalue weighted by Crippen LogP contribution is -2.44. The number of ether oxygens (including phenoxy) is 1. The maximum atomic E-state index is 11.6. The van der Waals surface area contributed by atoms with Crippen molar-refractivity contribution in [2.45, 2.75) is 25.8 Å². The van der Waals surface area contributed by atoms with Crippen LogP contribution in [0.25, 0.3) is 0 Å². The normalized spacial score (nSPS) is 17.7. The summed E-state index contributed by atoms with van der Waals surface area (Å²) in [4.78, 5) is 11.6. The van der Waals surface area contributed by atoms with E-state index in [1.165, 1.54) is 11.3 Å². The van der Waals surface area contributed by atoms with Crippen molar-refractivity contribution in [2.24, 2.45) is 0 Å². The predicted molar refractivity (Wildman–Crippen MR) is 71.7 cm³/mol. The molecular weight excluding hydrogens is 228 g/mol. The second-order valence-electron chi connectivity index (χ2n) is 4.56. The van der Waals surface area contributed by atoms with Crippen molar-refractivity contribution < 1.29 is 9.53 Å². The second kappa shape index (κ2) is 6.40. The van der Waals surface area contributed by atoms with Crippen molar-refractivity contribution in [1.29, 1.82) is 0 Å². The van der Waals surface area contributed by atoms with Gasteiger partial charge in [-0.3, -0.25) is 4.79 Å². The van der Waals surface area contributed by atoms with E-state index in [2.05, 4.69) is 22.8 Å². The van der Waals surface area contributed by atoms with Crippen LogP contribution in [-0.4, -0.2) is 31.7 Å². The van der Waals surface area contributed by atoms with Crippen LogP contribution in [0, 0.1) is 0 Å². The first-order valence-corrected chi connectivity index (χ1v) is 6.48. The Labute approximate surface area is 108 Å². The quantitative estimate of drug-likeness (QED) is 0.778. The molecule has 0 saturated carbocycles. The van der Waals surface area contributed by atoms with Crippen molar-refractivity contribution in [2.75, 3.05) is 25.1 Å². The van der Waals surface area contributed by atoms with E-state index < -0.39 is 0 Å². The van der Waals surface area contributed by atoms with Gasteiger partial charge in [0.25, 0.3) is 0 Å². The van der Waals surface area contributed by atoms with Crippen LogP contribution in [0.3, 0.4) is 0 Å². The number of carbonyl (C=O) groups is 1. The van der Waals surface area contributed by atoms with Crippen LogP contribution in [0.15, 0.2) is 24.3 Å². The highest BCUT2D eigenvalue weighted by Crippen LogP contribution is 2.20. The smallest absolute Gasteiger partial charge is 0.246 e. The number of benzene rings is 1. The first-order valence-electron chi connectivity index (χ1n) is 6.48. The Hall–Kier alpha value is -1.55. The molecule has 0 fully saturated rings. The first kappa shape index (κ1) is 12.9. The molecule has 0 saturated heterocycles. The lowest BCUT2D eigenvalue weighted by Gasteiger charge is -2.26. The van der Waals surface area contributed by atoms with Gasteiger partial charge in [-0.05, 0) is 24.5 Å². The van der Waals surface area contributed by atoms with E-state index in [9.17, 15) is 4.79 Å². The standard InChI is InChI=1S/C14H20N2O2/c1-2-7-18-10-14(17)16-12-8-11-5-3-4-6-13(11)15-9-12/h3-6,12,15H,2,7-10H2,1H3,(H,16,17). The molecule has 0 aliphatic carbocycles. The van der Waals surface area contributed by atoms with E-state index in [1.54, 1.807) is 0 Å². The van der Waals surface area contributed by atoms with Gasteiger partial charge in [0.1, 0.15) is 6.61 Å². The van der Waals surface area contributed by atoms with E-state index in [-0.39, 0.29) is 18.6 Å². The first-order chi connectivity index (χ1) is 8.79. The fourth-order valence-corrected chi connectivity index (χ4v) is 2.12. The van der Waals surface area contributed by atoms with Gasteiger partial charge in [0.2, 0.25) is 5.91 Å². The van der Waals surface area contributed by atoms with E-state index in [0.717, 1.165) is 19.4 Å². The Bertz CT molecular complexity index is 407. The van der Waals surface area contributed by atoms with Crippen molar-refractivity contribution in [3.63, 3.8) is 0 Å². The van der Waals surface area contributed by atoms with Crippen LogP contribution in [-0.2, 0) is 16.0 Å². The zero-order valence-electron chi connectivity index (χ0n) is 10.7. The fourth-order valence-electron chi connectivity index (χ4n) is 2.12. The maximum Gasteiger partial charge on any atom is 0.246 e. The molecule has 18 heavy (non-hydrogen) atoms. The third kappa shape index (κ3) is 3.47. The predicted octanol–water partition coefficient (Wildman–Crippen LogP) is 1.57. The summed E-state index contributed by atoms with van der Waals surface area (Å²) in [7, 11) is 0. The molecule has 1 amide bonds. The molecule has 2 rings (SSSR count). The monoisotopic (exact) mass is 248 g/mol. The number of fused-ring (bicyclic) bond motifs is 1. The zero-order valence-corrected chi connectivity index (χ0v) is 10.7. The molecule has 1 aromatic rings. The lowest BCUT2D eigenvalue weighted by molar-refractivity contribution is -0.126. The topological polar surface area (TPSA) is 50.4 Å². The minimum atomic E-state index is -0.0327. The minimum Gasteiger partial charge on any atom is -0.383 e. The largest absolute Gasteiger partial charge is 0.383 e. The van der Waals surface area contributed by atoms with E-state index in [1.807, 2.05) is 19.1 Å². The lowest BCUT2D eigenvalue weighted by atomic mass is 10.00. The summed E-state index contributed by atoms with van der Waals surface area (Å²) in [6.07, 6.45) is 1.81. The number of carbonyl (C=O) groups excluding carboxylic acids is 1. The van der Waals surface area contributed by atoms with Gasteiger partial charge in [0.15, 0.2) is 0 Å². The van der Waals surface area contributed by atoms with Crippen LogP contribution in [0.2, 0.25) is 0 Å². The molecule has 4 heteroatoms. The van der Waals surface area contributed by atoms with E-state index >= 15 is 0 Å². The van der Waals surface area contributed by atoms with Gasteiger partial charge >= 0.3 is 0 Å². The Morgan fingerprint density at radius 2 is 2.33 bits per heavy atom. The Morgan fingerprint density at radius 1 is 1.50 bits per heavy atom. The van der Waals surface area contributed by atoms with Crippen LogP contribution in [0.5, 0.6) is 0 Å². The fraction of sp³-hybridized carbons (Fsp3) is 0.500. The van der Waals surface area contributed by atoms with Crippen molar-refractivity contribution >= 4 is 11.6 Å². The minimum absolute atomic E-state index is 0.0327. The highest BCUT2D eigenvalue weighted by atomic mass is 16.5. The van der Waals surface area contributed by atoms with Crippen molar-refractivity contribution in [1.82, 2.24) is 5.32 Å². The van der Waals surface area contributed by atoms with Gasteiger partial charge in [0, 0.05) is 18.8 Å². The number of para-hydroxylation sites is 1. The SMILES string of the molecule is CCCOCC(=O)NC1CNc2ccccc2C1. The third-order valence-electron chi connectivity index (χ3n) is 2.97. The van der Waals surface area contributed by atoms with Crippen LogP contribution >= 0.6 is 0 Å². The molecule has 1 unspecified atom stereocenters. The van der Waals surface area contributed by atoms with E-state index in [4.69, 9.17) is 4.74 Å². The van der Waals surface area contributed by atoms with Crippen molar-refractivity contribution in [3.05, 3.63) is 29.8 Å². The number of nitrogens with one attached hydrogen (secondary N) is 2. The highest BCUT2D eigenvalue weighted by Gasteiger charge is 2.19. The molecule has 98 valence electrons. The molecule has 2 N–H and O–H groups in total. The molecule has 0 radical (unpaired) electrons. The molecule has 0 spiro atoms. The summed E-state index contributed by atoms with van der Waals surface area (Å²) in [5.41, 5.74) is 2.42. The average molecular weight is 248 g/mol. The Balaban J connectivity index is 1.80. The third-order valence-corrected chi connectivity index (χ3v) is 2.97. The second-order valence-corrected chi connectivity index (χ2v) is 4.56. The van der Waals surface area contributed by atoms with Gasteiger partial charge < -0.3 is 15.4 Å². The summed E-state index contributed by atoms with van der Waals surface area (Å²) in [6, 6.07) is 8.35. The Kier molecular flexibility index (Phi) is 4.59. The summed E-state index contributed by atoms with van der Waals surface area (Å²) in [6.45, 7) is 3.60.